The fourth-order valence-electron chi connectivity index (χ4n) is 4.37. The zero-order valence-corrected chi connectivity index (χ0v) is 27.1. The van der Waals surface area contributed by atoms with Gasteiger partial charge < -0.3 is 35.4 Å². The molecule has 0 aliphatic heterocycles. The predicted octanol–water partition coefficient (Wildman–Crippen LogP) is 3.62. The van der Waals surface area contributed by atoms with Crippen LogP contribution in [-0.2, 0) is 20.8 Å². The first-order valence-corrected chi connectivity index (χ1v) is 15.0. The van der Waals surface area contributed by atoms with Crippen LogP contribution in [0.5, 0.6) is 0 Å². The van der Waals surface area contributed by atoms with Crippen LogP contribution in [0.4, 0.5) is 24.6 Å². The van der Waals surface area contributed by atoms with Crippen molar-refractivity contribution in [1.29, 1.82) is 0 Å². The van der Waals surface area contributed by atoms with E-state index in [1.807, 2.05) is 6.07 Å². The first kappa shape index (κ1) is 36.4. The molecule has 0 saturated heterocycles. The van der Waals surface area contributed by atoms with Gasteiger partial charge in [0.15, 0.2) is 0 Å². The number of aliphatic hydroxyl groups excluding tert-OH is 1. The maximum atomic E-state index is 14.0. The fourth-order valence-corrected chi connectivity index (χ4v) is 4.37. The number of nitrogens with zero attached hydrogens (tertiary/aromatic N) is 3. The Bertz CT molecular complexity index is 1550. The van der Waals surface area contributed by atoms with Crippen molar-refractivity contribution in [2.45, 2.75) is 64.8 Å². The number of carbonyl (C=O) groups is 4. The molecule has 0 unspecified atom stereocenters. The molecule has 2 atom stereocenters. The molecule has 0 aliphatic carbocycles. The largest absolute Gasteiger partial charge is 0.447 e. The van der Waals surface area contributed by atoms with E-state index in [1.165, 1.54) is 24.2 Å². The summed E-state index contributed by atoms with van der Waals surface area (Å²) < 4.78 is 24.6. The van der Waals surface area contributed by atoms with Crippen LogP contribution in [0.2, 0.25) is 0 Å². The highest BCUT2D eigenvalue weighted by Crippen LogP contribution is 2.15. The van der Waals surface area contributed by atoms with E-state index in [0.29, 0.717) is 29.5 Å². The topological polar surface area (TPSA) is 184 Å². The summed E-state index contributed by atoms with van der Waals surface area (Å²) >= 11 is 0. The van der Waals surface area contributed by atoms with Crippen LogP contribution in [-0.4, -0.2) is 88.6 Å². The number of carbonyl (C=O) groups excluding carboxylic acids is 4. The monoisotopic (exact) mass is 655 g/mol. The van der Waals surface area contributed by atoms with Gasteiger partial charge in [-0.05, 0) is 69.9 Å². The van der Waals surface area contributed by atoms with Crippen LogP contribution in [0.1, 0.15) is 44.7 Å². The normalized spacial score (nSPS) is 12.4. The Morgan fingerprint density at radius 1 is 1.06 bits per heavy atom. The molecule has 47 heavy (non-hydrogen) atoms. The van der Waals surface area contributed by atoms with Crippen LogP contribution in [0, 0.1) is 12.7 Å². The highest BCUT2D eigenvalue weighted by Gasteiger charge is 2.25. The second-order valence-corrected chi connectivity index (χ2v) is 11.8. The molecule has 15 heteroatoms. The first-order valence-electron chi connectivity index (χ1n) is 15.0. The number of aliphatic hydroxyl groups is 1. The molecule has 0 fully saturated rings. The van der Waals surface area contributed by atoms with Crippen molar-refractivity contribution in [2.75, 3.05) is 32.1 Å². The number of amides is 5. The highest BCUT2D eigenvalue weighted by molar-refractivity contribution is 5.88. The summed E-state index contributed by atoms with van der Waals surface area (Å²) in [6, 6.07) is 7.49. The molecule has 2 aromatic heterocycles. The van der Waals surface area contributed by atoms with Crippen LogP contribution in [0.3, 0.4) is 0 Å². The van der Waals surface area contributed by atoms with Crippen LogP contribution < -0.4 is 21.3 Å². The number of fused-ring (bicyclic) bond motifs is 1. The van der Waals surface area contributed by atoms with Gasteiger partial charge in [-0.3, -0.25) is 15.1 Å². The molecule has 0 spiro atoms. The van der Waals surface area contributed by atoms with Gasteiger partial charge in [-0.1, -0.05) is 18.2 Å². The van der Waals surface area contributed by atoms with Gasteiger partial charge in [0, 0.05) is 31.7 Å². The van der Waals surface area contributed by atoms with E-state index in [4.69, 9.17) is 9.47 Å². The van der Waals surface area contributed by atoms with Crippen molar-refractivity contribution in [1.82, 2.24) is 30.8 Å². The molecule has 5 N–H and O–H groups in total. The summed E-state index contributed by atoms with van der Waals surface area (Å²) in [4.78, 5) is 60.1. The summed E-state index contributed by atoms with van der Waals surface area (Å²) in [7, 11) is 1.53. The number of rotatable bonds is 13. The quantitative estimate of drug-likeness (QED) is 0.172. The molecule has 0 bridgehead atoms. The zero-order valence-electron chi connectivity index (χ0n) is 27.1. The molecule has 2 heterocycles. The lowest BCUT2D eigenvalue weighted by atomic mass is 10.1. The van der Waals surface area contributed by atoms with E-state index < -0.39 is 48.4 Å². The number of ether oxygens (including phenoxy) is 2. The molecule has 0 aliphatic rings. The zero-order chi connectivity index (χ0) is 34.6. The number of nitrogens with one attached hydrogen (secondary N) is 4. The van der Waals surface area contributed by atoms with E-state index in [1.54, 1.807) is 58.2 Å². The molecule has 14 nitrogen and oxygen atoms in total. The van der Waals surface area contributed by atoms with E-state index in [0.717, 1.165) is 5.39 Å². The molecule has 0 radical (unpaired) electrons. The Morgan fingerprint density at radius 3 is 2.55 bits per heavy atom. The average molecular weight is 656 g/mol. The average Bonchev–Trinajstić information content (AvgIpc) is 3.02. The summed E-state index contributed by atoms with van der Waals surface area (Å²) in [5.41, 5.74) is 0.902. The molecule has 1 aromatic carbocycles. The van der Waals surface area contributed by atoms with E-state index in [9.17, 15) is 28.7 Å². The first-order chi connectivity index (χ1) is 22.3. The third kappa shape index (κ3) is 11.7. The minimum Gasteiger partial charge on any atom is -0.447 e. The number of hydrogen-bond donors (Lipinski definition) is 5. The maximum Gasteiger partial charge on any atom is 0.412 e. The van der Waals surface area contributed by atoms with Crippen molar-refractivity contribution < 1.29 is 38.1 Å². The second kappa shape index (κ2) is 17.0. The summed E-state index contributed by atoms with van der Waals surface area (Å²) in [5.74, 6) is -0.753. The summed E-state index contributed by atoms with van der Waals surface area (Å²) in [5, 5.41) is 20.7. The predicted molar refractivity (Wildman–Crippen MR) is 172 cm³/mol. The Hall–Kier alpha value is -5.05. The van der Waals surface area contributed by atoms with E-state index in [-0.39, 0.29) is 31.3 Å². The molecular formula is C32H42FN7O7. The van der Waals surface area contributed by atoms with Gasteiger partial charge in [-0.25, -0.2) is 23.8 Å². The third-order valence-electron chi connectivity index (χ3n) is 7.01. The Balaban J connectivity index is 1.59. The number of urea groups is 1. The molecule has 254 valence electrons. The number of pyridine rings is 2. The Labute approximate surface area is 272 Å². The third-order valence-corrected chi connectivity index (χ3v) is 7.01. The lowest BCUT2D eigenvalue weighted by molar-refractivity contribution is -0.124. The summed E-state index contributed by atoms with van der Waals surface area (Å²) in [6.45, 7) is 5.99. The molecular weight excluding hydrogens is 613 g/mol. The van der Waals surface area contributed by atoms with Gasteiger partial charge in [0.25, 0.3) is 0 Å². The van der Waals surface area contributed by atoms with Gasteiger partial charge in [0.1, 0.15) is 29.9 Å². The van der Waals surface area contributed by atoms with E-state index >= 15 is 0 Å². The highest BCUT2D eigenvalue weighted by atomic mass is 19.1. The van der Waals surface area contributed by atoms with Gasteiger partial charge in [0.2, 0.25) is 5.91 Å². The van der Waals surface area contributed by atoms with Gasteiger partial charge in [-0.2, -0.15) is 0 Å². The summed E-state index contributed by atoms with van der Waals surface area (Å²) in [6.07, 6.45) is 2.14. The smallest absolute Gasteiger partial charge is 0.412 e. The van der Waals surface area contributed by atoms with Crippen molar-refractivity contribution in [2.24, 2.45) is 0 Å². The number of halogens is 1. The van der Waals surface area contributed by atoms with Crippen molar-refractivity contribution in [3.63, 3.8) is 0 Å². The van der Waals surface area contributed by atoms with Gasteiger partial charge in [0.05, 0.1) is 24.4 Å². The standard InChI is InChI=1S/C32H42FN7O7/c1-20-22(9-6-12-24(20)33)16-37-29(43)40(5)23(11-8-14-35-28(42)26(18-41)38-31(45)47-32(2,3)4)19-46-30(44)39-27-15-21-10-7-13-34-25(21)17-36-27/h6-7,9-10,12-13,15,17,23,26,41H,8,11,14,16,18-19H2,1-5H3,(H,35,42)(H,37,43)(H,38,45)(H,36,39,44)/t23-,26+/m0/s1. The van der Waals surface area contributed by atoms with Crippen LogP contribution >= 0.6 is 0 Å². The fraction of sp³-hybridized carbons (Fsp3) is 0.438. The van der Waals surface area contributed by atoms with Crippen LogP contribution in [0.15, 0.2) is 48.8 Å². The van der Waals surface area contributed by atoms with E-state index in [2.05, 4.69) is 31.2 Å². The van der Waals surface area contributed by atoms with Gasteiger partial charge >= 0.3 is 18.2 Å². The van der Waals surface area contributed by atoms with Crippen molar-refractivity contribution in [3.05, 3.63) is 65.7 Å². The minimum absolute atomic E-state index is 0.0760. The van der Waals surface area contributed by atoms with Crippen molar-refractivity contribution >= 4 is 40.8 Å². The molecule has 3 aromatic rings. The maximum absolute atomic E-state index is 14.0. The van der Waals surface area contributed by atoms with Crippen molar-refractivity contribution in [3.8, 4) is 0 Å². The Kier molecular flexibility index (Phi) is 13.2. The SMILES string of the molecule is Cc1c(F)cccc1CNC(=O)N(C)[C@@H](CCCNC(=O)[C@@H](CO)NC(=O)OC(C)(C)C)COC(=O)Nc1cc2cccnc2cn1. The number of alkyl carbamates (subject to hydrolysis) is 1. The number of aromatic nitrogens is 2. The Morgan fingerprint density at radius 2 is 1.83 bits per heavy atom. The molecule has 3 rings (SSSR count). The number of benzene rings is 1. The number of likely N-dealkylation sites (N-methyl/N-ethyl adjacent to an activating group) is 1. The van der Waals surface area contributed by atoms with Gasteiger partial charge in [-0.15, -0.1) is 0 Å². The lowest BCUT2D eigenvalue weighted by Crippen LogP contribution is -2.50. The lowest BCUT2D eigenvalue weighted by Gasteiger charge is -2.28. The number of hydrogen-bond acceptors (Lipinski definition) is 9. The molecule has 5 amide bonds. The van der Waals surface area contributed by atoms with Crippen LogP contribution in [0.25, 0.3) is 10.9 Å². The number of anilines is 1. The minimum atomic E-state index is -1.23. The molecule has 0 saturated carbocycles. The second-order valence-electron chi connectivity index (χ2n) is 11.8.